The molecular weight excluding hydrogens is 274 g/mol. The summed E-state index contributed by atoms with van der Waals surface area (Å²) in [7, 11) is -3.42. The minimum atomic E-state index is -3.42. The van der Waals surface area contributed by atoms with Gasteiger partial charge in [-0.3, -0.25) is 0 Å². The van der Waals surface area contributed by atoms with Crippen molar-refractivity contribution in [2.24, 2.45) is 0 Å². The molecule has 116 valence electrons. The van der Waals surface area contributed by atoms with Crippen molar-refractivity contribution >= 4 is 10.0 Å². The van der Waals surface area contributed by atoms with Crippen molar-refractivity contribution in [3.63, 3.8) is 0 Å². The molecule has 0 fully saturated rings. The van der Waals surface area contributed by atoms with Gasteiger partial charge in [0.2, 0.25) is 10.0 Å². The number of sulfonamides is 1. The summed E-state index contributed by atoms with van der Waals surface area (Å²) in [6.07, 6.45) is 4.19. The third-order valence-electron chi connectivity index (χ3n) is 3.18. The minimum Gasteiger partial charge on any atom is -0.363 e. The zero-order valence-electron chi connectivity index (χ0n) is 12.9. The van der Waals surface area contributed by atoms with Gasteiger partial charge < -0.3 is 10.3 Å². The maximum Gasteiger partial charge on any atom is 0.242 e. The monoisotopic (exact) mass is 301 g/mol. The molecule has 20 heavy (non-hydrogen) atoms. The standard InChI is InChI=1S/C14H27N3O2S/c1-5-7-12(6-2)17-20(18,19)14-8-13(16-10-14)9-15-11(3)4/h8,10-12,15-17H,5-7,9H2,1-4H3. The van der Waals surface area contributed by atoms with E-state index >= 15 is 0 Å². The SMILES string of the molecule is CCCC(CC)NS(=O)(=O)c1c[nH]c(CNC(C)C)c1. The Morgan fingerprint density at radius 1 is 1.30 bits per heavy atom. The van der Waals surface area contributed by atoms with Crippen molar-refractivity contribution in [2.75, 3.05) is 0 Å². The van der Waals surface area contributed by atoms with Crippen LogP contribution in [0.4, 0.5) is 0 Å². The van der Waals surface area contributed by atoms with E-state index in [0.29, 0.717) is 17.5 Å². The van der Waals surface area contributed by atoms with Crippen LogP contribution in [0, 0.1) is 0 Å². The molecule has 0 saturated heterocycles. The van der Waals surface area contributed by atoms with Crippen molar-refractivity contribution in [3.8, 4) is 0 Å². The lowest BCUT2D eigenvalue weighted by molar-refractivity contribution is 0.512. The quantitative estimate of drug-likeness (QED) is 0.655. The predicted molar refractivity (Wildman–Crippen MR) is 82.1 cm³/mol. The van der Waals surface area contributed by atoms with E-state index in [2.05, 4.69) is 35.8 Å². The lowest BCUT2D eigenvalue weighted by Gasteiger charge is -2.15. The average Bonchev–Trinajstić information content (AvgIpc) is 2.85. The zero-order chi connectivity index (χ0) is 15.2. The second kappa shape index (κ2) is 7.81. The molecule has 3 N–H and O–H groups in total. The summed E-state index contributed by atoms with van der Waals surface area (Å²) in [5.41, 5.74) is 0.877. The Labute approximate surface area is 122 Å². The van der Waals surface area contributed by atoms with Gasteiger partial charge in [-0.25, -0.2) is 13.1 Å². The molecule has 0 radical (unpaired) electrons. The molecule has 6 heteroatoms. The first-order valence-electron chi connectivity index (χ1n) is 7.32. The zero-order valence-corrected chi connectivity index (χ0v) is 13.7. The fraction of sp³-hybridized carbons (Fsp3) is 0.714. The van der Waals surface area contributed by atoms with E-state index < -0.39 is 10.0 Å². The van der Waals surface area contributed by atoms with E-state index in [4.69, 9.17) is 0 Å². The molecule has 0 saturated carbocycles. The molecule has 0 spiro atoms. The first-order valence-corrected chi connectivity index (χ1v) is 8.80. The minimum absolute atomic E-state index is 0.0112. The van der Waals surface area contributed by atoms with Gasteiger partial charge >= 0.3 is 0 Å². The smallest absolute Gasteiger partial charge is 0.242 e. The normalized spacial score (nSPS) is 13.8. The van der Waals surface area contributed by atoms with E-state index in [9.17, 15) is 8.42 Å². The summed E-state index contributed by atoms with van der Waals surface area (Å²) in [5, 5.41) is 3.25. The molecule has 0 bridgehead atoms. The van der Waals surface area contributed by atoms with Crippen molar-refractivity contribution < 1.29 is 8.42 Å². The van der Waals surface area contributed by atoms with Crippen molar-refractivity contribution in [2.45, 2.75) is 70.5 Å². The maximum atomic E-state index is 12.3. The number of nitrogens with one attached hydrogen (secondary N) is 3. The third-order valence-corrected chi connectivity index (χ3v) is 4.68. The van der Waals surface area contributed by atoms with E-state index in [-0.39, 0.29) is 6.04 Å². The van der Waals surface area contributed by atoms with Crippen LogP contribution in [0.2, 0.25) is 0 Å². The molecular formula is C14H27N3O2S. The average molecular weight is 301 g/mol. The van der Waals surface area contributed by atoms with Crippen LogP contribution in [0.3, 0.4) is 0 Å². The Morgan fingerprint density at radius 2 is 2.00 bits per heavy atom. The Hall–Kier alpha value is -0.850. The van der Waals surface area contributed by atoms with E-state index in [0.717, 1.165) is 25.0 Å². The van der Waals surface area contributed by atoms with Crippen molar-refractivity contribution in [3.05, 3.63) is 18.0 Å². The molecule has 0 aliphatic heterocycles. The third kappa shape index (κ3) is 5.26. The molecule has 1 rings (SSSR count). The largest absolute Gasteiger partial charge is 0.363 e. The number of aromatic amines is 1. The van der Waals surface area contributed by atoms with Gasteiger partial charge in [0.25, 0.3) is 0 Å². The molecule has 1 atom stereocenters. The van der Waals surface area contributed by atoms with Gasteiger partial charge in [0.1, 0.15) is 0 Å². The summed E-state index contributed by atoms with van der Waals surface area (Å²) >= 11 is 0. The van der Waals surface area contributed by atoms with Crippen LogP contribution in [0.5, 0.6) is 0 Å². The van der Waals surface area contributed by atoms with Gasteiger partial charge in [0, 0.05) is 30.5 Å². The number of hydrogen-bond donors (Lipinski definition) is 3. The van der Waals surface area contributed by atoms with Gasteiger partial charge in [0.15, 0.2) is 0 Å². The molecule has 1 aromatic rings. The lowest BCUT2D eigenvalue weighted by Crippen LogP contribution is -2.34. The van der Waals surface area contributed by atoms with Gasteiger partial charge in [-0.1, -0.05) is 34.1 Å². The van der Waals surface area contributed by atoms with Crippen LogP contribution >= 0.6 is 0 Å². The first kappa shape index (κ1) is 17.2. The highest BCUT2D eigenvalue weighted by Crippen LogP contribution is 2.13. The van der Waals surface area contributed by atoms with Gasteiger partial charge in [-0.15, -0.1) is 0 Å². The number of hydrogen-bond acceptors (Lipinski definition) is 3. The van der Waals surface area contributed by atoms with Crippen LogP contribution in [-0.4, -0.2) is 25.5 Å². The van der Waals surface area contributed by atoms with Crippen LogP contribution in [0.25, 0.3) is 0 Å². The Morgan fingerprint density at radius 3 is 2.55 bits per heavy atom. The Bertz CT molecular complexity index is 494. The topological polar surface area (TPSA) is 74.0 Å². The summed E-state index contributed by atoms with van der Waals surface area (Å²) < 4.78 is 27.3. The van der Waals surface area contributed by atoms with Crippen molar-refractivity contribution in [1.29, 1.82) is 0 Å². The summed E-state index contributed by atoms with van der Waals surface area (Å²) in [4.78, 5) is 3.32. The summed E-state index contributed by atoms with van der Waals surface area (Å²) in [5.74, 6) is 0. The van der Waals surface area contributed by atoms with Crippen LogP contribution in [0.1, 0.15) is 52.7 Å². The maximum absolute atomic E-state index is 12.3. The predicted octanol–water partition coefficient (Wildman–Crippen LogP) is 2.37. The molecule has 0 aliphatic carbocycles. The van der Waals surface area contributed by atoms with Crippen molar-refractivity contribution in [1.82, 2.24) is 15.0 Å². The molecule has 1 unspecified atom stereocenters. The molecule has 0 aromatic carbocycles. The molecule has 5 nitrogen and oxygen atoms in total. The highest BCUT2D eigenvalue weighted by atomic mass is 32.2. The molecule has 0 amide bonds. The van der Waals surface area contributed by atoms with Gasteiger partial charge in [0.05, 0.1) is 4.90 Å². The van der Waals surface area contributed by atoms with Crippen LogP contribution in [-0.2, 0) is 16.6 Å². The highest BCUT2D eigenvalue weighted by molar-refractivity contribution is 7.89. The van der Waals surface area contributed by atoms with Crippen LogP contribution < -0.4 is 10.0 Å². The fourth-order valence-electron chi connectivity index (χ4n) is 1.97. The first-order chi connectivity index (χ1) is 9.39. The highest BCUT2D eigenvalue weighted by Gasteiger charge is 2.19. The second-order valence-corrected chi connectivity index (χ2v) is 7.13. The van der Waals surface area contributed by atoms with Crippen LogP contribution in [0.15, 0.2) is 17.2 Å². The second-order valence-electron chi connectivity index (χ2n) is 5.41. The summed E-state index contributed by atoms with van der Waals surface area (Å²) in [6.45, 7) is 8.80. The van der Waals surface area contributed by atoms with Gasteiger partial charge in [-0.05, 0) is 18.9 Å². The van der Waals surface area contributed by atoms with Gasteiger partial charge in [-0.2, -0.15) is 0 Å². The van der Waals surface area contributed by atoms with E-state index in [1.54, 1.807) is 12.3 Å². The van der Waals surface area contributed by atoms with E-state index in [1.807, 2.05) is 6.92 Å². The Balaban J connectivity index is 2.72. The molecule has 1 heterocycles. The number of aromatic nitrogens is 1. The number of H-pyrrole nitrogens is 1. The number of rotatable bonds is 9. The lowest BCUT2D eigenvalue weighted by atomic mass is 10.1. The Kier molecular flexibility index (Phi) is 6.71. The molecule has 1 aromatic heterocycles. The van der Waals surface area contributed by atoms with E-state index in [1.165, 1.54) is 0 Å². The fourth-order valence-corrected chi connectivity index (χ4v) is 3.34. The molecule has 0 aliphatic rings. The summed E-state index contributed by atoms with van der Waals surface area (Å²) in [6, 6.07) is 2.07.